The van der Waals surface area contributed by atoms with Gasteiger partial charge in [0.15, 0.2) is 0 Å². The number of nitrogens with zero attached hydrogens (tertiary/aromatic N) is 2. The molecule has 0 spiro atoms. The lowest BCUT2D eigenvalue weighted by atomic mass is 10.1. The topological polar surface area (TPSA) is 74.6 Å². The van der Waals surface area contributed by atoms with Crippen LogP contribution < -0.4 is 5.32 Å². The van der Waals surface area contributed by atoms with Crippen LogP contribution in [0.3, 0.4) is 0 Å². The lowest BCUT2D eigenvalue weighted by molar-refractivity contribution is 0.0955. The average Bonchev–Trinajstić information content (AvgIpc) is 2.80. The molecule has 102 valence electrons. The fourth-order valence-electron chi connectivity index (χ4n) is 2.27. The summed E-state index contributed by atoms with van der Waals surface area (Å²) in [5.74, 6) is -0.127. The van der Waals surface area contributed by atoms with Crippen molar-refractivity contribution in [1.82, 2.24) is 14.8 Å². The van der Waals surface area contributed by atoms with Crippen molar-refractivity contribution < 1.29 is 14.7 Å². The molecule has 2 heterocycles. The molecule has 0 aliphatic carbocycles. The number of aromatic nitrogens is 1. The molecule has 6 heteroatoms. The van der Waals surface area contributed by atoms with Crippen molar-refractivity contribution in [1.29, 1.82) is 0 Å². The first kappa shape index (κ1) is 13.2. The predicted molar refractivity (Wildman–Crippen MR) is 71.0 cm³/mol. The van der Waals surface area contributed by atoms with Gasteiger partial charge in [0.1, 0.15) is 5.69 Å². The number of amides is 2. The third kappa shape index (κ3) is 2.47. The molecule has 0 fully saturated rings. The first-order valence-electron chi connectivity index (χ1n) is 6.09. The van der Waals surface area contributed by atoms with Gasteiger partial charge in [0.25, 0.3) is 5.91 Å². The number of carbonyl (C=O) groups excluding carboxylic acids is 1. The maximum atomic E-state index is 11.6. The third-order valence-electron chi connectivity index (χ3n) is 3.39. The second-order valence-electron chi connectivity index (χ2n) is 4.45. The molecule has 1 aromatic rings. The van der Waals surface area contributed by atoms with Crippen LogP contribution in [0, 0.1) is 0 Å². The Morgan fingerprint density at radius 1 is 1.37 bits per heavy atom. The number of rotatable bonds is 2. The zero-order valence-electron chi connectivity index (χ0n) is 11.0. The molecule has 1 aromatic heterocycles. The van der Waals surface area contributed by atoms with Crippen LogP contribution in [0.1, 0.15) is 22.6 Å². The maximum absolute atomic E-state index is 11.6. The van der Waals surface area contributed by atoms with E-state index in [0.29, 0.717) is 25.2 Å². The lowest BCUT2D eigenvalue weighted by Gasteiger charge is -2.24. The highest BCUT2D eigenvalue weighted by molar-refractivity contribution is 5.93. The molecule has 2 amide bonds. The molecule has 0 radical (unpaired) electrons. The minimum atomic E-state index is -0.895. The molecule has 0 saturated carbocycles. The second-order valence-corrected chi connectivity index (χ2v) is 4.45. The van der Waals surface area contributed by atoms with Crippen molar-refractivity contribution in [3.8, 4) is 0 Å². The fraction of sp³-hybridized carbons (Fsp3) is 0.385. The van der Waals surface area contributed by atoms with E-state index in [-0.39, 0.29) is 5.91 Å². The summed E-state index contributed by atoms with van der Waals surface area (Å²) < 4.78 is 1.83. The summed E-state index contributed by atoms with van der Waals surface area (Å²) in [6.45, 7) is 0.882. The van der Waals surface area contributed by atoms with Gasteiger partial charge in [0, 0.05) is 32.9 Å². The van der Waals surface area contributed by atoms with Gasteiger partial charge < -0.3 is 19.9 Å². The van der Waals surface area contributed by atoms with Crippen LogP contribution in [-0.4, -0.2) is 46.7 Å². The van der Waals surface area contributed by atoms with Gasteiger partial charge >= 0.3 is 6.09 Å². The van der Waals surface area contributed by atoms with Crippen molar-refractivity contribution in [2.24, 2.45) is 7.05 Å². The maximum Gasteiger partial charge on any atom is 0.407 e. The molecule has 2 N–H and O–H groups in total. The third-order valence-corrected chi connectivity index (χ3v) is 3.39. The monoisotopic (exact) mass is 263 g/mol. The zero-order chi connectivity index (χ0) is 14.0. The van der Waals surface area contributed by atoms with Crippen LogP contribution >= 0.6 is 0 Å². The van der Waals surface area contributed by atoms with Crippen LogP contribution in [0.4, 0.5) is 4.79 Å². The van der Waals surface area contributed by atoms with E-state index in [2.05, 4.69) is 5.32 Å². The zero-order valence-corrected chi connectivity index (χ0v) is 11.0. The number of hydrogen-bond acceptors (Lipinski definition) is 2. The first-order chi connectivity index (χ1) is 9.04. The SMILES string of the molecule is CNC(=O)c1ccc(C2=CCN(C(=O)O)CC2)n1C. The Labute approximate surface area is 111 Å². The highest BCUT2D eigenvalue weighted by atomic mass is 16.4. The van der Waals surface area contributed by atoms with E-state index in [1.165, 1.54) is 4.90 Å². The molecular formula is C13H17N3O3. The number of carbonyl (C=O) groups is 2. The molecule has 1 aliphatic heterocycles. The quantitative estimate of drug-likeness (QED) is 0.840. The predicted octanol–water partition coefficient (Wildman–Crippen LogP) is 1.15. The molecule has 0 bridgehead atoms. The lowest BCUT2D eigenvalue weighted by Crippen LogP contribution is -2.33. The molecule has 19 heavy (non-hydrogen) atoms. The van der Waals surface area contributed by atoms with Crippen molar-refractivity contribution in [3.05, 3.63) is 29.6 Å². The number of carboxylic acid groups (broad SMARTS) is 1. The Balaban J connectivity index is 2.22. The Morgan fingerprint density at radius 3 is 2.63 bits per heavy atom. The molecule has 0 atom stereocenters. The second kappa shape index (κ2) is 5.17. The highest BCUT2D eigenvalue weighted by Gasteiger charge is 2.19. The van der Waals surface area contributed by atoms with Gasteiger partial charge in [0.2, 0.25) is 0 Å². The van der Waals surface area contributed by atoms with E-state index in [9.17, 15) is 9.59 Å². The summed E-state index contributed by atoms with van der Waals surface area (Å²) in [5.41, 5.74) is 2.64. The first-order valence-corrected chi connectivity index (χ1v) is 6.09. The Bertz CT molecular complexity index is 545. The van der Waals surface area contributed by atoms with Crippen LogP contribution in [0.15, 0.2) is 18.2 Å². The van der Waals surface area contributed by atoms with E-state index in [1.807, 2.05) is 23.8 Å². The largest absolute Gasteiger partial charge is 0.465 e. The summed E-state index contributed by atoms with van der Waals surface area (Å²) >= 11 is 0. The number of hydrogen-bond donors (Lipinski definition) is 2. The molecule has 2 rings (SSSR count). The molecular weight excluding hydrogens is 246 g/mol. The van der Waals surface area contributed by atoms with Crippen LogP contribution in [0.5, 0.6) is 0 Å². The van der Waals surface area contributed by atoms with Gasteiger partial charge in [-0.2, -0.15) is 0 Å². The number of nitrogens with one attached hydrogen (secondary N) is 1. The Kier molecular flexibility index (Phi) is 3.59. The smallest absolute Gasteiger partial charge is 0.407 e. The van der Waals surface area contributed by atoms with E-state index >= 15 is 0 Å². The van der Waals surface area contributed by atoms with Crippen molar-refractivity contribution in [3.63, 3.8) is 0 Å². The van der Waals surface area contributed by atoms with Gasteiger partial charge in [-0.1, -0.05) is 6.08 Å². The minimum Gasteiger partial charge on any atom is -0.465 e. The van der Waals surface area contributed by atoms with E-state index in [0.717, 1.165) is 11.3 Å². The van der Waals surface area contributed by atoms with Crippen LogP contribution in [0.2, 0.25) is 0 Å². The minimum absolute atomic E-state index is 0.127. The molecule has 0 unspecified atom stereocenters. The fourth-order valence-corrected chi connectivity index (χ4v) is 2.27. The average molecular weight is 263 g/mol. The van der Waals surface area contributed by atoms with E-state index in [4.69, 9.17) is 5.11 Å². The van der Waals surface area contributed by atoms with Crippen molar-refractivity contribution in [2.75, 3.05) is 20.1 Å². The van der Waals surface area contributed by atoms with Gasteiger partial charge in [-0.05, 0) is 24.1 Å². The standard InChI is InChI=1S/C13H17N3O3/c1-14-12(17)11-4-3-10(15(11)2)9-5-7-16(8-6-9)13(18)19/h3-5H,6-8H2,1-2H3,(H,14,17)(H,18,19). The summed E-state index contributed by atoms with van der Waals surface area (Å²) in [7, 11) is 3.43. The van der Waals surface area contributed by atoms with E-state index in [1.54, 1.807) is 13.1 Å². The van der Waals surface area contributed by atoms with Gasteiger partial charge in [-0.3, -0.25) is 4.79 Å². The summed E-state index contributed by atoms with van der Waals surface area (Å²) in [4.78, 5) is 23.8. The van der Waals surface area contributed by atoms with Gasteiger partial charge in [-0.25, -0.2) is 4.79 Å². The molecule has 6 nitrogen and oxygen atoms in total. The van der Waals surface area contributed by atoms with Crippen LogP contribution in [-0.2, 0) is 7.05 Å². The highest BCUT2D eigenvalue weighted by Crippen LogP contribution is 2.23. The Hall–Kier alpha value is -2.24. The molecule has 1 aliphatic rings. The Morgan fingerprint density at radius 2 is 2.11 bits per heavy atom. The molecule has 0 aromatic carbocycles. The normalized spacial score (nSPS) is 15.1. The van der Waals surface area contributed by atoms with E-state index < -0.39 is 6.09 Å². The summed E-state index contributed by atoms with van der Waals surface area (Å²) in [6.07, 6.45) is 1.67. The van der Waals surface area contributed by atoms with Gasteiger partial charge in [0.05, 0.1) is 0 Å². The van der Waals surface area contributed by atoms with Gasteiger partial charge in [-0.15, -0.1) is 0 Å². The molecule has 0 saturated heterocycles. The van der Waals surface area contributed by atoms with Crippen molar-refractivity contribution in [2.45, 2.75) is 6.42 Å². The van der Waals surface area contributed by atoms with Crippen LogP contribution in [0.25, 0.3) is 5.57 Å². The summed E-state index contributed by atoms with van der Waals surface area (Å²) in [6, 6.07) is 3.67. The summed E-state index contributed by atoms with van der Waals surface area (Å²) in [5, 5.41) is 11.5. The van der Waals surface area contributed by atoms with Crippen molar-refractivity contribution >= 4 is 17.6 Å².